The first-order valence-electron chi connectivity index (χ1n) is 6.55. The zero-order chi connectivity index (χ0) is 13.3. The average molecular weight is 251 g/mol. The molecule has 3 heteroatoms. The summed E-state index contributed by atoms with van der Waals surface area (Å²) in [5.74, 6) is 0.711. The molecule has 0 amide bonds. The summed E-state index contributed by atoms with van der Waals surface area (Å²) >= 11 is 0. The van der Waals surface area contributed by atoms with Crippen LogP contribution in [-0.2, 0) is 10.2 Å². The molecule has 1 fully saturated rings. The van der Waals surface area contributed by atoms with Gasteiger partial charge in [0.2, 0.25) is 0 Å². The highest BCUT2D eigenvalue weighted by molar-refractivity contribution is 5.34. The summed E-state index contributed by atoms with van der Waals surface area (Å²) in [6.45, 7) is 8.20. The molecule has 0 radical (unpaired) electrons. The summed E-state index contributed by atoms with van der Waals surface area (Å²) in [5, 5.41) is 0. The molecule has 2 nitrogen and oxygen atoms in total. The zero-order valence-corrected chi connectivity index (χ0v) is 11.4. The molecule has 1 aromatic rings. The molecule has 1 aliphatic heterocycles. The van der Waals surface area contributed by atoms with E-state index in [1.165, 1.54) is 0 Å². The van der Waals surface area contributed by atoms with E-state index >= 15 is 0 Å². The van der Waals surface area contributed by atoms with E-state index in [-0.39, 0.29) is 11.2 Å². The van der Waals surface area contributed by atoms with E-state index in [2.05, 4.69) is 13.8 Å². The fourth-order valence-electron chi connectivity index (χ4n) is 3.01. The Morgan fingerprint density at radius 3 is 2.44 bits per heavy atom. The molecule has 1 atom stereocenters. The van der Waals surface area contributed by atoms with Gasteiger partial charge in [0.25, 0.3) is 0 Å². The molecule has 1 saturated heterocycles. The van der Waals surface area contributed by atoms with Crippen molar-refractivity contribution in [2.24, 2.45) is 17.6 Å². The second-order valence-electron chi connectivity index (χ2n) is 5.70. The van der Waals surface area contributed by atoms with Crippen molar-refractivity contribution in [1.29, 1.82) is 0 Å². The van der Waals surface area contributed by atoms with Crippen LogP contribution in [-0.4, -0.2) is 19.8 Å². The van der Waals surface area contributed by atoms with E-state index in [0.29, 0.717) is 37.2 Å². The van der Waals surface area contributed by atoms with Gasteiger partial charge in [0.05, 0.1) is 13.2 Å². The second kappa shape index (κ2) is 4.98. The molecule has 0 saturated carbocycles. The standard InChI is InChI=1S/C15H22FNO/c1-10(2)13(7-17)15(8-18-9-15)12-4-5-14(16)11(3)6-12/h4-6,10,13H,7-9,17H2,1-3H3. The molecule has 1 aliphatic rings. The highest BCUT2D eigenvalue weighted by Crippen LogP contribution is 2.42. The number of ether oxygens (including phenoxy) is 1. The van der Waals surface area contributed by atoms with Gasteiger partial charge in [-0.25, -0.2) is 4.39 Å². The maximum atomic E-state index is 13.4. The molecule has 1 heterocycles. The molecule has 0 aliphatic carbocycles. The van der Waals surface area contributed by atoms with Gasteiger partial charge in [0.1, 0.15) is 5.82 Å². The third-order valence-electron chi connectivity index (χ3n) is 4.22. The SMILES string of the molecule is Cc1cc(C2(C(CN)C(C)C)COC2)ccc1F. The van der Waals surface area contributed by atoms with E-state index in [1.807, 2.05) is 12.1 Å². The van der Waals surface area contributed by atoms with Crippen LogP contribution in [0.1, 0.15) is 25.0 Å². The molecule has 1 unspecified atom stereocenters. The molecule has 0 aromatic heterocycles. The van der Waals surface area contributed by atoms with Crippen LogP contribution in [0.2, 0.25) is 0 Å². The lowest BCUT2D eigenvalue weighted by atomic mass is 9.64. The van der Waals surface area contributed by atoms with Crippen molar-refractivity contribution in [2.45, 2.75) is 26.2 Å². The van der Waals surface area contributed by atoms with Crippen molar-refractivity contribution in [3.63, 3.8) is 0 Å². The summed E-state index contributed by atoms with van der Waals surface area (Å²) in [6, 6.07) is 5.39. The van der Waals surface area contributed by atoms with Gasteiger partial charge < -0.3 is 10.5 Å². The lowest BCUT2D eigenvalue weighted by molar-refractivity contribution is -0.0982. The fraction of sp³-hybridized carbons (Fsp3) is 0.600. The number of aryl methyl sites for hydroxylation is 1. The topological polar surface area (TPSA) is 35.2 Å². The van der Waals surface area contributed by atoms with Gasteiger partial charge >= 0.3 is 0 Å². The quantitative estimate of drug-likeness (QED) is 0.893. The minimum atomic E-state index is -0.150. The smallest absolute Gasteiger partial charge is 0.126 e. The van der Waals surface area contributed by atoms with E-state index < -0.39 is 0 Å². The zero-order valence-electron chi connectivity index (χ0n) is 11.4. The van der Waals surface area contributed by atoms with Gasteiger partial charge in [-0.05, 0) is 42.5 Å². The number of halogens is 1. The van der Waals surface area contributed by atoms with Gasteiger partial charge in [0, 0.05) is 5.41 Å². The Morgan fingerprint density at radius 1 is 1.39 bits per heavy atom. The molecule has 0 bridgehead atoms. The maximum Gasteiger partial charge on any atom is 0.126 e. The first-order chi connectivity index (χ1) is 8.51. The highest BCUT2D eigenvalue weighted by Gasteiger charge is 2.47. The molecule has 18 heavy (non-hydrogen) atoms. The second-order valence-corrected chi connectivity index (χ2v) is 5.70. The Balaban J connectivity index is 2.40. The number of benzene rings is 1. The highest BCUT2D eigenvalue weighted by atomic mass is 19.1. The van der Waals surface area contributed by atoms with E-state index in [4.69, 9.17) is 10.5 Å². The largest absolute Gasteiger partial charge is 0.379 e. The van der Waals surface area contributed by atoms with Crippen LogP contribution in [0, 0.1) is 24.6 Å². The molecular formula is C15H22FNO. The molecular weight excluding hydrogens is 229 g/mol. The van der Waals surface area contributed by atoms with Gasteiger partial charge in [-0.2, -0.15) is 0 Å². The van der Waals surface area contributed by atoms with Crippen LogP contribution < -0.4 is 5.73 Å². The van der Waals surface area contributed by atoms with Crippen LogP contribution in [0.25, 0.3) is 0 Å². The number of hydrogen-bond donors (Lipinski definition) is 1. The van der Waals surface area contributed by atoms with Crippen molar-refractivity contribution in [1.82, 2.24) is 0 Å². The van der Waals surface area contributed by atoms with Gasteiger partial charge in [-0.15, -0.1) is 0 Å². The van der Waals surface area contributed by atoms with Crippen molar-refractivity contribution < 1.29 is 9.13 Å². The minimum absolute atomic E-state index is 0.0264. The Kier molecular flexibility index (Phi) is 3.74. The van der Waals surface area contributed by atoms with Crippen molar-refractivity contribution >= 4 is 0 Å². The summed E-state index contributed by atoms with van der Waals surface area (Å²) in [6.07, 6.45) is 0. The number of rotatable bonds is 4. The van der Waals surface area contributed by atoms with Gasteiger partial charge in [-0.3, -0.25) is 0 Å². The van der Waals surface area contributed by atoms with Crippen molar-refractivity contribution in [3.05, 3.63) is 35.1 Å². The Morgan fingerprint density at radius 2 is 2.06 bits per heavy atom. The van der Waals surface area contributed by atoms with Crippen molar-refractivity contribution in [2.75, 3.05) is 19.8 Å². The normalized spacial score (nSPS) is 19.7. The van der Waals surface area contributed by atoms with Crippen LogP contribution >= 0.6 is 0 Å². The van der Waals surface area contributed by atoms with Crippen LogP contribution in [0.15, 0.2) is 18.2 Å². The van der Waals surface area contributed by atoms with Crippen LogP contribution in [0.5, 0.6) is 0 Å². The summed E-state index contributed by atoms with van der Waals surface area (Å²) < 4.78 is 18.8. The third kappa shape index (κ3) is 2.06. The number of nitrogens with two attached hydrogens (primary N) is 1. The Bertz CT molecular complexity index is 427. The predicted octanol–water partition coefficient (Wildman–Crippen LogP) is 2.63. The first kappa shape index (κ1) is 13.5. The fourth-order valence-corrected chi connectivity index (χ4v) is 3.01. The maximum absolute atomic E-state index is 13.4. The van der Waals surface area contributed by atoms with E-state index in [9.17, 15) is 4.39 Å². The third-order valence-corrected chi connectivity index (χ3v) is 4.22. The van der Waals surface area contributed by atoms with E-state index in [0.717, 1.165) is 5.56 Å². The lowest BCUT2D eigenvalue weighted by Crippen LogP contribution is -2.56. The van der Waals surface area contributed by atoms with Gasteiger partial charge in [0.15, 0.2) is 0 Å². The minimum Gasteiger partial charge on any atom is -0.379 e. The Labute approximate surface area is 108 Å². The predicted molar refractivity (Wildman–Crippen MR) is 71.0 cm³/mol. The Hall–Kier alpha value is -0.930. The van der Waals surface area contributed by atoms with Crippen LogP contribution in [0.4, 0.5) is 4.39 Å². The van der Waals surface area contributed by atoms with E-state index in [1.54, 1.807) is 13.0 Å². The molecule has 2 N–H and O–H groups in total. The summed E-state index contributed by atoms with van der Waals surface area (Å²) in [4.78, 5) is 0. The van der Waals surface area contributed by atoms with Crippen molar-refractivity contribution in [3.8, 4) is 0 Å². The molecule has 100 valence electrons. The molecule has 1 aromatic carbocycles. The first-order valence-corrected chi connectivity index (χ1v) is 6.55. The van der Waals surface area contributed by atoms with Crippen LogP contribution in [0.3, 0.4) is 0 Å². The lowest BCUT2D eigenvalue weighted by Gasteiger charge is -2.49. The van der Waals surface area contributed by atoms with Gasteiger partial charge in [-0.1, -0.05) is 26.0 Å². The average Bonchev–Trinajstić information content (AvgIpc) is 2.26. The monoisotopic (exact) mass is 251 g/mol. The molecule has 2 rings (SSSR count). The summed E-state index contributed by atoms with van der Waals surface area (Å²) in [5.41, 5.74) is 7.78. The molecule has 0 spiro atoms. The number of hydrogen-bond acceptors (Lipinski definition) is 2. The summed E-state index contributed by atoms with van der Waals surface area (Å²) in [7, 11) is 0.